The summed E-state index contributed by atoms with van der Waals surface area (Å²) in [4.78, 5) is 9.56. The van der Waals surface area contributed by atoms with Gasteiger partial charge < -0.3 is 9.63 Å². The molecule has 1 aromatic carbocycles. The number of benzene rings is 1. The fourth-order valence-electron chi connectivity index (χ4n) is 3.69. The van der Waals surface area contributed by atoms with Gasteiger partial charge in [-0.05, 0) is 41.7 Å². The highest BCUT2D eigenvalue weighted by molar-refractivity contribution is 7.47. The van der Waals surface area contributed by atoms with Gasteiger partial charge in [0.2, 0.25) is 0 Å². The van der Waals surface area contributed by atoms with Crippen LogP contribution in [0.25, 0.3) is 0 Å². The molecule has 0 aliphatic carbocycles. The Morgan fingerprint density at radius 3 is 2.07 bits per heavy atom. The fourth-order valence-corrected chi connectivity index (χ4v) is 3.98. The molecule has 2 unspecified atom stereocenters. The van der Waals surface area contributed by atoms with Crippen molar-refractivity contribution < 1.29 is 93.1 Å². The van der Waals surface area contributed by atoms with Crippen LogP contribution in [0.3, 0.4) is 0 Å². The van der Waals surface area contributed by atoms with Gasteiger partial charge in [0.15, 0.2) is 6.79 Å². The summed E-state index contributed by atoms with van der Waals surface area (Å²) in [7, 11) is -2.96. The SMILES string of the molecule is COP(=O)(O)OCOc1c(C(C)C(C)C)ccc(C)c1C(C)(C(C)C)C(C)C.[HH].[HH].[HH].[HH].[HH].[HH].[HH].[HH].[HH].[HH].[HH].[HH].[HH].[HH].[HH].[HH].[HH].[HH].[HH].[HH].[HH].[HH].[HH].[HH].[HH].[HH].[HH].[HH].[HH].[HH].[HH].[HH].[HH].[HH].[HH].[HH].[HH].[HH].[HH].[HH].[HH].[HH].[HH].[HH].[HH].[HH].[HH].[HH].[HH]. The molecule has 0 aromatic heterocycles. The average Bonchev–Trinajstić information content (AvgIpc) is 2.60. The van der Waals surface area contributed by atoms with Crippen LogP contribution in [0.2, 0.25) is 0 Å². The van der Waals surface area contributed by atoms with Crippen LogP contribution in [0.5, 0.6) is 5.75 Å². The van der Waals surface area contributed by atoms with Crippen molar-refractivity contribution in [2.75, 3.05) is 13.9 Å². The highest BCUT2D eigenvalue weighted by Gasteiger charge is 2.39. The van der Waals surface area contributed by atoms with E-state index >= 15 is 0 Å². The molecular formula is C22H137O5P. The first-order valence-electron chi connectivity index (χ1n) is 10.1. The van der Waals surface area contributed by atoms with Crippen LogP contribution in [0.15, 0.2) is 12.1 Å². The highest BCUT2D eigenvalue weighted by Crippen LogP contribution is 2.49. The minimum Gasteiger partial charge on any atom is -0.466 e. The summed E-state index contributed by atoms with van der Waals surface area (Å²) in [5, 5.41) is 0. The van der Waals surface area contributed by atoms with Crippen molar-refractivity contribution in [1.29, 1.82) is 0 Å². The van der Waals surface area contributed by atoms with Gasteiger partial charge in [-0.3, -0.25) is 4.52 Å². The van der Waals surface area contributed by atoms with Crippen molar-refractivity contribution in [3.05, 3.63) is 28.8 Å². The molecule has 0 amide bonds. The van der Waals surface area contributed by atoms with Gasteiger partial charge in [0.05, 0.1) is 0 Å². The predicted molar refractivity (Wildman–Crippen MR) is 218 cm³/mol. The molecule has 5 nitrogen and oxygen atoms in total. The minimum atomic E-state index is -4.10. The third kappa shape index (κ3) is 5.38. The Kier molecular flexibility index (Phi) is 8.77. The van der Waals surface area contributed by atoms with Crippen LogP contribution >= 0.6 is 7.82 Å². The Morgan fingerprint density at radius 2 is 1.64 bits per heavy atom. The van der Waals surface area contributed by atoms with Crippen LogP contribution in [0.1, 0.15) is 148 Å². The Hall–Kier alpha value is -0.870. The van der Waals surface area contributed by atoms with E-state index in [0.29, 0.717) is 17.8 Å². The molecule has 0 radical (unpaired) electrons. The Labute approximate surface area is 244 Å². The molecule has 2 atom stereocenters. The zero-order valence-corrected chi connectivity index (χ0v) is 20.1. The largest absolute Gasteiger partial charge is 0.474 e. The van der Waals surface area contributed by atoms with Crippen LogP contribution in [-0.4, -0.2) is 18.8 Å². The van der Waals surface area contributed by atoms with E-state index in [-0.39, 0.29) is 88.0 Å². The molecule has 260 valence electrons. The number of hydrogen-bond donors (Lipinski definition) is 1. The molecule has 0 aliphatic rings. The number of phosphoric ester groups is 1. The second kappa shape index (κ2) is 9.75. The first-order chi connectivity index (χ1) is 12.8. The standard InChI is InChI=1S/C22H39O5P.49H2/c1-14(2)18(8)19-12-11-17(7)20(22(9,15(3)4)16(5)6)21(19)26-13-27-28(23,24)25-10;;;;;;;;;;;;;;;;;;;;;;;;;;;;;;;;;;;;;;;;;;;;;;;;;/h11-12,14-16,18H,13H2,1-10H3,(H,23,24);49*1H. The molecule has 0 bridgehead atoms. The topological polar surface area (TPSA) is 65.0 Å². The summed E-state index contributed by atoms with van der Waals surface area (Å²) in [5.74, 6) is 2.21. The van der Waals surface area contributed by atoms with Gasteiger partial charge >= 0.3 is 7.82 Å². The molecule has 0 saturated carbocycles. The number of rotatable bonds is 10. The summed E-state index contributed by atoms with van der Waals surface area (Å²) in [6, 6.07) is 4.27. The van der Waals surface area contributed by atoms with E-state index in [1.54, 1.807) is 0 Å². The summed E-state index contributed by atoms with van der Waals surface area (Å²) in [6.45, 7) is 19.5. The second-order valence-electron chi connectivity index (χ2n) is 8.84. The maximum absolute atomic E-state index is 11.7. The van der Waals surface area contributed by atoms with Gasteiger partial charge in [-0.25, -0.2) is 9.09 Å². The van der Waals surface area contributed by atoms with E-state index in [2.05, 4.69) is 79.0 Å². The van der Waals surface area contributed by atoms with Crippen molar-refractivity contribution in [2.45, 2.75) is 73.6 Å². The van der Waals surface area contributed by atoms with Crippen molar-refractivity contribution in [1.82, 2.24) is 0 Å². The number of aryl methyl sites for hydroxylation is 1. The Morgan fingerprint density at radius 1 is 1.11 bits per heavy atom. The zero-order valence-electron chi connectivity index (χ0n) is 19.2. The predicted octanol–water partition coefficient (Wildman–Crippen LogP) is 18.5. The summed E-state index contributed by atoms with van der Waals surface area (Å²) in [5.41, 5.74) is 3.27. The second-order valence-corrected chi connectivity index (χ2v) is 10.4. The molecule has 0 saturated heterocycles. The van der Waals surface area contributed by atoms with Crippen LogP contribution in [0.4, 0.5) is 0 Å². The molecular weight excluding hydrogens is 375 g/mol. The highest BCUT2D eigenvalue weighted by atomic mass is 31.2. The van der Waals surface area contributed by atoms with Crippen molar-refractivity contribution in [3.8, 4) is 5.75 Å². The number of hydrogen-bond acceptors (Lipinski definition) is 4. The first-order valence-corrected chi connectivity index (χ1v) is 11.6. The van der Waals surface area contributed by atoms with Crippen LogP contribution in [-0.2, 0) is 19.0 Å². The summed E-state index contributed by atoms with van der Waals surface area (Å²) >= 11 is 0. The van der Waals surface area contributed by atoms with Gasteiger partial charge in [-0.2, -0.15) is 0 Å². The molecule has 0 spiro atoms. The molecule has 6 heteroatoms. The minimum absolute atomic E-state index is 0. The molecule has 0 heterocycles. The van der Waals surface area contributed by atoms with Gasteiger partial charge in [-0.1, -0.05) is 67.5 Å². The Balaban J connectivity index is -0.00000000340. The normalized spacial score (nSPS) is 15.9. The lowest BCUT2D eigenvalue weighted by molar-refractivity contribution is 0.0709. The van der Waals surface area contributed by atoms with E-state index in [1.807, 2.05) is 0 Å². The van der Waals surface area contributed by atoms with E-state index < -0.39 is 7.82 Å². The number of ether oxygens (including phenoxy) is 1. The molecule has 0 aliphatic heterocycles. The molecule has 1 N–H and O–H groups in total. The van der Waals surface area contributed by atoms with Gasteiger partial charge in [0.25, 0.3) is 0 Å². The molecule has 1 aromatic rings. The lowest BCUT2D eigenvalue weighted by Crippen LogP contribution is -2.36. The van der Waals surface area contributed by atoms with Crippen molar-refractivity contribution >= 4 is 7.82 Å². The molecule has 1 rings (SSSR count). The van der Waals surface area contributed by atoms with Gasteiger partial charge in [-0.15, -0.1) is 0 Å². The van der Waals surface area contributed by atoms with Crippen LogP contribution < -0.4 is 4.74 Å². The quantitative estimate of drug-likeness (QED) is 0.249. The lowest BCUT2D eigenvalue weighted by atomic mass is 9.64. The van der Waals surface area contributed by atoms with E-state index in [4.69, 9.17) is 9.26 Å². The number of phosphoric acid groups is 1. The average molecular weight is 513 g/mol. The lowest BCUT2D eigenvalue weighted by Gasteiger charge is -2.41. The van der Waals surface area contributed by atoms with Gasteiger partial charge in [0.1, 0.15) is 5.75 Å². The van der Waals surface area contributed by atoms with E-state index in [0.717, 1.165) is 29.5 Å². The van der Waals surface area contributed by atoms with E-state index in [1.165, 1.54) is 0 Å². The maximum Gasteiger partial charge on any atom is 0.474 e. The monoisotopic (exact) mass is 513 g/mol. The third-order valence-electron chi connectivity index (χ3n) is 6.47. The van der Waals surface area contributed by atoms with Crippen molar-refractivity contribution in [3.63, 3.8) is 0 Å². The van der Waals surface area contributed by atoms with Crippen LogP contribution in [0, 0.1) is 24.7 Å². The Bertz CT molecular complexity index is 761. The smallest absolute Gasteiger partial charge is 0.466 e. The van der Waals surface area contributed by atoms with Crippen molar-refractivity contribution in [2.24, 2.45) is 17.8 Å². The third-order valence-corrected chi connectivity index (χ3v) is 7.37. The maximum atomic E-state index is 11.7. The molecule has 28 heavy (non-hydrogen) atoms. The summed E-state index contributed by atoms with van der Waals surface area (Å²) < 4.78 is 27.2. The summed E-state index contributed by atoms with van der Waals surface area (Å²) in [6.07, 6.45) is 0. The van der Waals surface area contributed by atoms with Gasteiger partial charge in [0, 0.05) is 88.0 Å². The first kappa shape index (κ1) is 25.2. The molecule has 0 fully saturated rings. The zero-order chi connectivity index (χ0) is 21.9. The van der Waals surface area contributed by atoms with E-state index in [9.17, 15) is 9.46 Å². The fraction of sp³-hybridized carbons (Fsp3) is 0.727.